The van der Waals surface area contributed by atoms with Gasteiger partial charge in [-0.1, -0.05) is 18.5 Å². The maximum atomic E-state index is 5.83. The van der Waals surface area contributed by atoms with E-state index in [1.165, 1.54) is 0 Å². The van der Waals surface area contributed by atoms with E-state index in [4.69, 9.17) is 21.1 Å². The van der Waals surface area contributed by atoms with Crippen LogP contribution in [0, 0.1) is 13.8 Å². The van der Waals surface area contributed by atoms with E-state index in [-0.39, 0.29) is 0 Å². The van der Waals surface area contributed by atoms with Crippen molar-refractivity contribution in [2.75, 3.05) is 19.8 Å². The van der Waals surface area contributed by atoms with Crippen LogP contribution in [0.3, 0.4) is 0 Å². The Morgan fingerprint density at radius 2 is 1.81 bits per heavy atom. The molecule has 0 bridgehead atoms. The van der Waals surface area contributed by atoms with Crippen molar-refractivity contribution in [3.63, 3.8) is 0 Å². The molecule has 4 nitrogen and oxygen atoms in total. The zero-order valence-electron chi connectivity index (χ0n) is 9.92. The van der Waals surface area contributed by atoms with Gasteiger partial charge in [-0.25, -0.2) is 0 Å². The van der Waals surface area contributed by atoms with Crippen molar-refractivity contribution >= 4 is 11.6 Å². The Morgan fingerprint density at radius 1 is 1.06 bits per heavy atom. The SMILES string of the molecule is CCCOCCOc1nnc(Cl)c(C)c1C. The Hall–Kier alpha value is -0.870. The van der Waals surface area contributed by atoms with E-state index >= 15 is 0 Å². The largest absolute Gasteiger partial charge is 0.474 e. The van der Waals surface area contributed by atoms with E-state index in [1.54, 1.807) is 0 Å². The first-order chi connectivity index (χ1) is 7.66. The number of aromatic nitrogens is 2. The third-order valence-electron chi connectivity index (χ3n) is 2.24. The maximum absolute atomic E-state index is 5.83. The summed E-state index contributed by atoms with van der Waals surface area (Å²) >= 11 is 5.83. The van der Waals surface area contributed by atoms with E-state index in [0.717, 1.165) is 24.2 Å². The minimum Gasteiger partial charge on any atom is -0.474 e. The number of hydrogen-bond donors (Lipinski definition) is 0. The Labute approximate surface area is 101 Å². The van der Waals surface area contributed by atoms with Gasteiger partial charge in [0.2, 0.25) is 5.88 Å². The zero-order chi connectivity index (χ0) is 12.0. The van der Waals surface area contributed by atoms with E-state index in [2.05, 4.69) is 17.1 Å². The molecule has 16 heavy (non-hydrogen) atoms. The van der Waals surface area contributed by atoms with Crippen LogP contribution >= 0.6 is 11.6 Å². The molecule has 0 radical (unpaired) electrons. The predicted octanol–water partition coefficient (Wildman–Crippen LogP) is 2.55. The van der Waals surface area contributed by atoms with Crippen molar-refractivity contribution in [3.05, 3.63) is 16.3 Å². The van der Waals surface area contributed by atoms with Gasteiger partial charge in [-0.15, -0.1) is 10.2 Å². The molecule has 0 saturated heterocycles. The summed E-state index contributed by atoms with van der Waals surface area (Å²) in [6.45, 7) is 7.69. The molecule has 0 atom stereocenters. The molecule has 0 aliphatic heterocycles. The van der Waals surface area contributed by atoms with Crippen LogP contribution in [0.5, 0.6) is 5.88 Å². The smallest absolute Gasteiger partial charge is 0.236 e. The molecule has 1 rings (SSSR count). The van der Waals surface area contributed by atoms with Crippen LogP contribution in [-0.4, -0.2) is 30.0 Å². The molecule has 0 fully saturated rings. The average Bonchev–Trinajstić information content (AvgIpc) is 2.28. The van der Waals surface area contributed by atoms with Crippen LogP contribution in [0.2, 0.25) is 5.15 Å². The van der Waals surface area contributed by atoms with Gasteiger partial charge in [0.25, 0.3) is 0 Å². The van der Waals surface area contributed by atoms with Crippen molar-refractivity contribution in [2.45, 2.75) is 27.2 Å². The molecular weight excluding hydrogens is 228 g/mol. The lowest BCUT2D eigenvalue weighted by atomic mass is 10.2. The van der Waals surface area contributed by atoms with Gasteiger partial charge < -0.3 is 9.47 Å². The van der Waals surface area contributed by atoms with Crippen LogP contribution in [-0.2, 0) is 4.74 Å². The molecule has 0 aliphatic rings. The van der Waals surface area contributed by atoms with Crippen molar-refractivity contribution in [3.8, 4) is 5.88 Å². The van der Waals surface area contributed by atoms with Crippen molar-refractivity contribution in [1.82, 2.24) is 10.2 Å². The van der Waals surface area contributed by atoms with Crippen molar-refractivity contribution in [2.24, 2.45) is 0 Å². The van der Waals surface area contributed by atoms with E-state index < -0.39 is 0 Å². The number of hydrogen-bond acceptors (Lipinski definition) is 4. The minimum absolute atomic E-state index is 0.423. The second-order valence-corrected chi connectivity index (χ2v) is 3.86. The molecule has 0 aromatic carbocycles. The monoisotopic (exact) mass is 244 g/mol. The Morgan fingerprint density at radius 3 is 2.50 bits per heavy atom. The lowest BCUT2D eigenvalue weighted by Crippen LogP contribution is -2.09. The van der Waals surface area contributed by atoms with Gasteiger partial charge in [-0.2, -0.15) is 0 Å². The minimum atomic E-state index is 0.423. The van der Waals surface area contributed by atoms with Gasteiger partial charge in [0.1, 0.15) is 6.61 Å². The average molecular weight is 245 g/mol. The Kier molecular flexibility index (Phi) is 5.49. The molecule has 0 N–H and O–H groups in total. The number of nitrogens with zero attached hydrogens (tertiary/aromatic N) is 2. The predicted molar refractivity (Wildman–Crippen MR) is 63.1 cm³/mol. The van der Waals surface area contributed by atoms with Crippen molar-refractivity contribution in [1.29, 1.82) is 0 Å². The molecule has 0 amide bonds. The number of ether oxygens (including phenoxy) is 2. The summed E-state index contributed by atoms with van der Waals surface area (Å²) in [6.07, 6.45) is 1.01. The molecule has 5 heteroatoms. The molecule has 0 saturated carbocycles. The first-order valence-corrected chi connectivity index (χ1v) is 5.74. The summed E-state index contributed by atoms with van der Waals surface area (Å²) in [5.41, 5.74) is 1.83. The number of rotatable bonds is 6. The standard InChI is InChI=1S/C11H17ClN2O2/c1-4-5-15-6-7-16-11-9(3)8(2)10(12)13-14-11/h4-7H2,1-3H3. The van der Waals surface area contributed by atoms with E-state index in [1.807, 2.05) is 13.8 Å². The molecule has 0 spiro atoms. The van der Waals surface area contributed by atoms with Gasteiger partial charge in [-0.05, 0) is 25.8 Å². The van der Waals surface area contributed by atoms with Gasteiger partial charge in [0, 0.05) is 12.2 Å². The van der Waals surface area contributed by atoms with Gasteiger partial charge >= 0.3 is 0 Å². The fraction of sp³-hybridized carbons (Fsp3) is 0.636. The molecule has 1 aromatic heterocycles. The normalized spacial score (nSPS) is 10.5. The van der Waals surface area contributed by atoms with E-state index in [0.29, 0.717) is 24.2 Å². The summed E-state index contributed by atoms with van der Waals surface area (Å²) in [7, 11) is 0. The second kappa shape index (κ2) is 6.66. The van der Waals surface area contributed by atoms with Gasteiger partial charge in [0.05, 0.1) is 6.61 Å². The first kappa shape index (κ1) is 13.2. The highest BCUT2D eigenvalue weighted by Gasteiger charge is 2.08. The summed E-state index contributed by atoms with van der Waals surface area (Å²) in [5.74, 6) is 0.530. The highest BCUT2D eigenvalue weighted by molar-refractivity contribution is 6.30. The summed E-state index contributed by atoms with van der Waals surface area (Å²) in [4.78, 5) is 0. The summed E-state index contributed by atoms with van der Waals surface area (Å²) < 4.78 is 10.8. The molecular formula is C11H17ClN2O2. The lowest BCUT2D eigenvalue weighted by Gasteiger charge is -2.09. The Balaban J connectivity index is 2.45. The summed E-state index contributed by atoms with van der Waals surface area (Å²) in [5, 5.41) is 8.12. The maximum Gasteiger partial charge on any atom is 0.236 e. The van der Waals surface area contributed by atoms with E-state index in [9.17, 15) is 0 Å². The molecule has 0 unspecified atom stereocenters. The third-order valence-corrected chi connectivity index (χ3v) is 2.60. The quantitative estimate of drug-likeness (QED) is 0.722. The molecule has 1 heterocycles. The number of halogens is 1. The van der Waals surface area contributed by atoms with Crippen LogP contribution in [0.1, 0.15) is 24.5 Å². The van der Waals surface area contributed by atoms with Crippen molar-refractivity contribution < 1.29 is 9.47 Å². The van der Waals surface area contributed by atoms with Crippen LogP contribution in [0.25, 0.3) is 0 Å². The van der Waals surface area contributed by atoms with Crippen LogP contribution < -0.4 is 4.74 Å². The van der Waals surface area contributed by atoms with Crippen LogP contribution in [0.15, 0.2) is 0 Å². The zero-order valence-corrected chi connectivity index (χ0v) is 10.7. The summed E-state index contributed by atoms with van der Waals surface area (Å²) in [6, 6.07) is 0. The second-order valence-electron chi connectivity index (χ2n) is 3.51. The molecule has 1 aromatic rings. The topological polar surface area (TPSA) is 44.2 Å². The molecule has 0 aliphatic carbocycles. The first-order valence-electron chi connectivity index (χ1n) is 5.36. The highest BCUT2D eigenvalue weighted by Crippen LogP contribution is 2.21. The highest BCUT2D eigenvalue weighted by atomic mass is 35.5. The van der Waals surface area contributed by atoms with Gasteiger partial charge in [0.15, 0.2) is 5.15 Å². The fourth-order valence-corrected chi connectivity index (χ4v) is 1.31. The lowest BCUT2D eigenvalue weighted by molar-refractivity contribution is 0.0983. The Bertz CT molecular complexity index is 345. The molecule has 90 valence electrons. The van der Waals surface area contributed by atoms with Crippen LogP contribution in [0.4, 0.5) is 0 Å². The fourth-order valence-electron chi connectivity index (χ4n) is 1.14. The third kappa shape index (κ3) is 3.61. The van der Waals surface area contributed by atoms with Gasteiger partial charge in [-0.3, -0.25) is 0 Å².